The van der Waals surface area contributed by atoms with E-state index in [4.69, 9.17) is 16.2 Å². The number of aryl methyl sites for hydroxylation is 1. The lowest BCUT2D eigenvalue weighted by Gasteiger charge is -2.47. The summed E-state index contributed by atoms with van der Waals surface area (Å²) in [5, 5.41) is 13.2. The fourth-order valence-electron chi connectivity index (χ4n) is 4.16. The van der Waals surface area contributed by atoms with E-state index in [1.807, 2.05) is 13.0 Å². The van der Waals surface area contributed by atoms with Crippen molar-refractivity contribution in [1.29, 1.82) is 0 Å². The zero-order chi connectivity index (χ0) is 22.9. The summed E-state index contributed by atoms with van der Waals surface area (Å²) in [6.07, 6.45) is 3.98. The molecular weight excluding hydrogens is 434 g/mol. The average molecular weight is 457 g/mol. The molecule has 0 saturated carbocycles. The monoisotopic (exact) mass is 456 g/mol. The Bertz CT molecular complexity index is 1120. The van der Waals surface area contributed by atoms with E-state index >= 15 is 0 Å². The number of rotatable bonds is 3. The second-order valence-corrected chi connectivity index (χ2v) is 9.00. The maximum absolute atomic E-state index is 14.9. The van der Waals surface area contributed by atoms with Gasteiger partial charge >= 0.3 is 0 Å². The van der Waals surface area contributed by atoms with Gasteiger partial charge in [-0.1, -0.05) is 41.4 Å². The first kappa shape index (κ1) is 22.5. The number of nitrogens with zero attached hydrogens (tertiary/aromatic N) is 1. The molecule has 4 rings (SSSR count). The Labute approximate surface area is 189 Å². The van der Waals surface area contributed by atoms with Crippen LogP contribution in [0.1, 0.15) is 27.9 Å². The first-order chi connectivity index (χ1) is 15.3. The van der Waals surface area contributed by atoms with E-state index in [1.54, 1.807) is 18.2 Å². The zero-order valence-electron chi connectivity index (χ0n) is 17.3. The Balaban J connectivity index is 1.70. The Kier molecular flexibility index (Phi) is 6.33. The third-order valence-corrected chi connectivity index (χ3v) is 6.89. The van der Waals surface area contributed by atoms with Gasteiger partial charge in [-0.25, -0.2) is 13.8 Å². The normalized spacial score (nSPS) is 25.8. The van der Waals surface area contributed by atoms with Gasteiger partial charge in [-0.15, -0.1) is 6.42 Å². The molecule has 5 nitrogen and oxygen atoms in total. The SMILES string of the molecule is C#CC(O)C1CC2CSC(NC(=O)c3cccc(C)c3)=NC2(c2ccc(F)cc2F)CO1. The number of aliphatic imine (C=N–C) groups is 1. The van der Waals surface area contributed by atoms with Gasteiger partial charge in [0.05, 0.1) is 12.7 Å². The van der Waals surface area contributed by atoms with Crippen LogP contribution in [-0.2, 0) is 10.3 Å². The smallest absolute Gasteiger partial charge is 0.257 e. The van der Waals surface area contributed by atoms with Crippen LogP contribution in [0.5, 0.6) is 0 Å². The fourth-order valence-corrected chi connectivity index (χ4v) is 5.33. The average Bonchev–Trinajstić information content (AvgIpc) is 2.78. The third kappa shape index (κ3) is 4.29. The van der Waals surface area contributed by atoms with Crippen molar-refractivity contribution in [2.45, 2.75) is 31.1 Å². The number of aliphatic hydroxyl groups is 1. The number of hydrogen-bond acceptors (Lipinski definition) is 5. The number of benzene rings is 2. The molecule has 32 heavy (non-hydrogen) atoms. The number of nitrogens with one attached hydrogen (secondary N) is 1. The molecule has 2 aliphatic heterocycles. The number of carbonyl (C=O) groups excluding carboxylic acids is 1. The van der Waals surface area contributed by atoms with E-state index in [9.17, 15) is 18.7 Å². The van der Waals surface area contributed by atoms with Crippen molar-refractivity contribution in [1.82, 2.24) is 5.32 Å². The number of fused-ring (bicyclic) bond motifs is 1. The lowest BCUT2D eigenvalue weighted by molar-refractivity contribution is -0.0936. The molecule has 166 valence electrons. The zero-order valence-corrected chi connectivity index (χ0v) is 18.2. The van der Waals surface area contributed by atoms with Crippen LogP contribution in [0.3, 0.4) is 0 Å². The standard InChI is InChI=1S/C24H22F2N2O3S/c1-3-20(29)21-10-16-12-32-23(27-22(30)15-6-4-5-14(2)9-15)28-24(16,13-31-21)18-8-7-17(25)11-19(18)26/h1,4-9,11,16,20-21,29H,10,12-13H2,2H3,(H,27,28,30). The van der Waals surface area contributed by atoms with E-state index in [0.717, 1.165) is 11.6 Å². The largest absolute Gasteiger partial charge is 0.378 e. The van der Waals surface area contributed by atoms with E-state index in [0.29, 0.717) is 22.9 Å². The van der Waals surface area contributed by atoms with Crippen LogP contribution in [0.4, 0.5) is 8.78 Å². The predicted molar refractivity (Wildman–Crippen MR) is 119 cm³/mol. The van der Waals surface area contributed by atoms with Gasteiger partial charge in [0.2, 0.25) is 0 Å². The van der Waals surface area contributed by atoms with Crippen LogP contribution >= 0.6 is 11.8 Å². The molecule has 0 bridgehead atoms. The molecule has 8 heteroatoms. The second kappa shape index (κ2) is 9.02. The van der Waals surface area contributed by atoms with Gasteiger partial charge in [0.25, 0.3) is 5.91 Å². The van der Waals surface area contributed by atoms with Crippen LogP contribution in [0.2, 0.25) is 0 Å². The van der Waals surface area contributed by atoms with Crippen molar-refractivity contribution in [3.05, 3.63) is 70.8 Å². The molecule has 2 aromatic rings. The van der Waals surface area contributed by atoms with Crippen molar-refractivity contribution in [3.8, 4) is 12.3 Å². The molecule has 2 N–H and O–H groups in total. The Morgan fingerprint density at radius 2 is 2.19 bits per heavy atom. The number of carbonyl (C=O) groups is 1. The summed E-state index contributed by atoms with van der Waals surface area (Å²) < 4.78 is 34.3. The highest BCUT2D eigenvalue weighted by Crippen LogP contribution is 2.47. The highest BCUT2D eigenvalue weighted by atomic mass is 32.2. The molecule has 2 aliphatic rings. The molecule has 4 atom stereocenters. The predicted octanol–water partition coefficient (Wildman–Crippen LogP) is 3.40. The van der Waals surface area contributed by atoms with Crippen LogP contribution in [0.25, 0.3) is 0 Å². The molecule has 0 radical (unpaired) electrons. The highest BCUT2D eigenvalue weighted by Gasteiger charge is 2.50. The lowest BCUT2D eigenvalue weighted by Crippen LogP contribution is -2.53. The van der Waals surface area contributed by atoms with Gasteiger partial charge in [0, 0.05) is 28.9 Å². The second-order valence-electron chi connectivity index (χ2n) is 7.99. The Morgan fingerprint density at radius 3 is 2.91 bits per heavy atom. The number of aliphatic hydroxyl groups excluding tert-OH is 1. The maximum atomic E-state index is 14.9. The number of hydrogen-bond donors (Lipinski definition) is 2. The number of ether oxygens (including phenoxy) is 1. The molecule has 0 spiro atoms. The number of thioether (sulfide) groups is 1. The van der Waals surface area contributed by atoms with Crippen LogP contribution in [0, 0.1) is 36.8 Å². The van der Waals surface area contributed by atoms with Crippen LogP contribution < -0.4 is 5.32 Å². The van der Waals surface area contributed by atoms with E-state index in [2.05, 4.69) is 11.2 Å². The first-order valence-corrected chi connectivity index (χ1v) is 11.1. The minimum atomic E-state index is -1.18. The van der Waals surface area contributed by atoms with Gasteiger partial charge in [0.15, 0.2) is 5.17 Å². The summed E-state index contributed by atoms with van der Waals surface area (Å²) in [4.78, 5) is 17.5. The van der Waals surface area contributed by atoms with Crippen molar-refractivity contribution >= 4 is 22.8 Å². The first-order valence-electron chi connectivity index (χ1n) is 10.1. The van der Waals surface area contributed by atoms with Gasteiger partial charge in [-0.3, -0.25) is 4.79 Å². The number of amidine groups is 1. The summed E-state index contributed by atoms with van der Waals surface area (Å²) in [5.74, 6) is 0.746. The summed E-state index contributed by atoms with van der Waals surface area (Å²) in [7, 11) is 0. The molecule has 2 aromatic carbocycles. The number of halogens is 2. The molecule has 2 heterocycles. The minimum Gasteiger partial charge on any atom is -0.378 e. The van der Waals surface area contributed by atoms with E-state index in [1.165, 1.54) is 23.9 Å². The maximum Gasteiger partial charge on any atom is 0.257 e. The number of terminal acetylenes is 1. The van der Waals surface area contributed by atoms with Crippen molar-refractivity contribution in [3.63, 3.8) is 0 Å². The van der Waals surface area contributed by atoms with Crippen molar-refractivity contribution < 1.29 is 23.4 Å². The Hall–Kier alpha value is -2.73. The van der Waals surface area contributed by atoms with Crippen LogP contribution in [0.15, 0.2) is 47.5 Å². The van der Waals surface area contributed by atoms with E-state index < -0.39 is 29.4 Å². The molecule has 0 aliphatic carbocycles. The summed E-state index contributed by atoms with van der Waals surface area (Å²) in [6, 6.07) is 10.5. The topological polar surface area (TPSA) is 70.9 Å². The Morgan fingerprint density at radius 1 is 1.38 bits per heavy atom. The molecule has 4 unspecified atom stereocenters. The van der Waals surface area contributed by atoms with Crippen LogP contribution in [-0.4, -0.2) is 40.7 Å². The molecular formula is C24H22F2N2O3S. The fraction of sp³-hybridized carbons (Fsp3) is 0.333. The van der Waals surface area contributed by atoms with Crippen molar-refractivity contribution in [2.75, 3.05) is 12.4 Å². The van der Waals surface area contributed by atoms with Gasteiger partial charge in [-0.05, 0) is 31.5 Å². The highest BCUT2D eigenvalue weighted by molar-refractivity contribution is 8.13. The summed E-state index contributed by atoms with van der Waals surface area (Å²) in [5.41, 5.74) is 0.428. The number of amides is 1. The molecule has 1 amide bonds. The third-order valence-electron chi connectivity index (χ3n) is 5.85. The van der Waals surface area contributed by atoms with Gasteiger partial charge in [0.1, 0.15) is 23.3 Å². The van der Waals surface area contributed by atoms with Crippen molar-refractivity contribution in [2.24, 2.45) is 10.9 Å². The molecule has 1 saturated heterocycles. The molecule has 1 fully saturated rings. The lowest BCUT2D eigenvalue weighted by atomic mass is 9.74. The quantitative estimate of drug-likeness (QED) is 0.695. The summed E-state index contributed by atoms with van der Waals surface area (Å²) >= 11 is 1.33. The van der Waals surface area contributed by atoms with Gasteiger partial charge < -0.3 is 15.2 Å². The minimum absolute atomic E-state index is 0.0615. The summed E-state index contributed by atoms with van der Waals surface area (Å²) in [6.45, 7) is 1.83. The van der Waals surface area contributed by atoms with Gasteiger partial charge in [-0.2, -0.15) is 0 Å². The molecule has 0 aromatic heterocycles. The van der Waals surface area contributed by atoms with E-state index in [-0.39, 0.29) is 24.0 Å².